The Balaban J connectivity index is 0. The Hall–Kier alpha value is -0.560. The fraction of sp³-hybridized carbons (Fsp3) is 1.00. The van der Waals surface area contributed by atoms with Crippen molar-refractivity contribution in [2.24, 2.45) is 0 Å². The zero-order valence-electron chi connectivity index (χ0n) is 23.0. The van der Waals surface area contributed by atoms with Crippen molar-refractivity contribution in [2.75, 3.05) is 158 Å². The fourth-order valence-electron chi connectivity index (χ4n) is 2.37. The van der Waals surface area contributed by atoms with Gasteiger partial charge in [-0.15, -0.1) is 0 Å². The summed E-state index contributed by atoms with van der Waals surface area (Å²) in [5.74, 6) is 0. The molecule has 0 rings (SSSR count). The molecule has 0 radical (unpaired) electrons. The van der Waals surface area contributed by atoms with Crippen LogP contribution >= 0.6 is 0 Å². The van der Waals surface area contributed by atoms with Crippen molar-refractivity contribution >= 4 is 0 Å². The van der Waals surface area contributed by atoms with Crippen LogP contribution in [0.1, 0.15) is 0 Å². The number of nitrogens with one attached hydrogen (secondary N) is 2. The molecule has 0 aromatic heterocycles. The van der Waals surface area contributed by atoms with Crippen LogP contribution in [0.15, 0.2) is 0 Å². The van der Waals surface area contributed by atoms with E-state index in [1.165, 1.54) is 0 Å². The summed E-state index contributed by atoms with van der Waals surface area (Å²) in [6.45, 7) is 11.4. The van der Waals surface area contributed by atoms with E-state index in [0.29, 0.717) is 106 Å². The van der Waals surface area contributed by atoms with E-state index in [4.69, 9.17) is 58.3 Å². The molecule has 0 aromatic carbocycles. The second-order valence-electron chi connectivity index (χ2n) is 7.29. The van der Waals surface area contributed by atoms with Crippen molar-refractivity contribution in [3.8, 4) is 0 Å². The van der Waals surface area contributed by atoms with Gasteiger partial charge >= 0.3 is 0 Å². The first-order valence-electron chi connectivity index (χ1n) is 13.3. The van der Waals surface area contributed by atoms with Gasteiger partial charge in [-0.1, -0.05) is 0 Å². The lowest BCUT2D eigenvalue weighted by Crippen LogP contribution is -2.25. The van der Waals surface area contributed by atoms with E-state index >= 15 is 0 Å². The molecule has 0 atom stereocenters. The highest BCUT2D eigenvalue weighted by molar-refractivity contribution is 4.46. The van der Waals surface area contributed by atoms with Gasteiger partial charge in [0.1, 0.15) is 0 Å². The fourth-order valence-corrected chi connectivity index (χ4v) is 2.37. The summed E-state index contributed by atoms with van der Waals surface area (Å²) in [5, 5.41) is 40.2. The number of aliphatic hydroxyl groups is 4. The van der Waals surface area contributed by atoms with Crippen molar-refractivity contribution < 1.29 is 58.3 Å². The monoisotopic (exact) mass is 562 g/mol. The van der Waals surface area contributed by atoms with Gasteiger partial charge in [-0.05, 0) is 0 Å². The number of hydrogen-bond donors (Lipinski definition) is 6. The first-order valence-corrected chi connectivity index (χ1v) is 13.3. The molecule has 14 heteroatoms. The maximum absolute atomic E-state index is 8.46. The van der Waals surface area contributed by atoms with E-state index in [1.807, 2.05) is 0 Å². The van der Waals surface area contributed by atoms with Crippen molar-refractivity contribution in [1.29, 1.82) is 0 Å². The van der Waals surface area contributed by atoms with Gasteiger partial charge in [0.2, 0.25) is 0 Å². The summed E-state index contributed by atoms with van der Waals surface area (Å²) in [6, 6.07) is 0. The summed E-state index contributed by atoms with van der Waals surface area (Å²) in [7, 11) is 0. The summed E-state index contributed by atoms with van der Waals surface area (Å²) in [4.78, 5) is 0. The maximum atomic E-state index is 8.46. The normalized spacial score (nSPS) is 11.1. The minimum absolute atomic E-state index is 0.0482. The molecular formula is C24H54N2O12. The summed E-state index contributed by atoms with van der Waals surface area (Å²) >= 11 is 0. The Kier molecular flexibility index (Phi) is 42.6. The number of hydrogen-bond acceptors (Lipinski definition) is 14. The van der Waals surface area contributed by atoms with Crippen LogP contribution < -0.4 is 10.6 Å². The Bertz CT molecular complexity index is 324. The minimum atomic E-state index is 0.0482. The molecule has 14 nitrogen and oxygen atoms in total. The summed E-state index contributed by atoms with van der Waals surface area (Å²) in [5.41, 5.74) is 0. The van der Waals surface area contributed by atoms with Crippen LogP contribution in [-0.2, 0) is 37.9 Å². The van der Waals surface area contributed by atoms with Gasteiger partial charge in [-0.2, -0.15) is 0 Å². The minimum Gasteiger partial charge on any atom is -0.394 e. The van der Waals surface area contributed by atoms with E-state index in [-0.39, 0.29) is 26.4 Å². The lowest BCUT2D eigenvalue weighted by atomic mass is 10.6. The molecule has 0 amide bonds. The number of rotatable bonds is 32. The van der Waals surface area contributed by atoms with E-state index in [9.17, 15) is 0 Å². The van der Waals surface area contributed by atoms with Crippen LogP contribution in [0.2, 0.25) is 0 Å². The van der Waals surface area contributed by atoms with E-state index in [2.05, 4.69) is 10.6 Å². The lowest BCUT2D eigenvalue weighted by Gasteiger charge is -2.07. The molecule has 0 aliphatic carbocycles. The van der Waals surface area contributed by atoms with Crippen LogP contribution in [0.3, 0.4) is 0 Å². The molecular weight excluding hydrogens is 508 g/mol. The zero-order valence-corrected chi connectivity index (χ0v) is 23.0. The molecule has 6 N–H and O–H groups in total. The second-order valence-corrected chi connectivity index (χ2v) is 7.29. The maximum Gasteiger partial charge on any atom is 0.0701 e. The van der Waals surface area contributed by atoms with Crippen LogP contribution in [0.5, 0.6) is 0 Å². The topological polar surface area (TPSA) is 179 Å². The third-order valence-electron chi connectivity index (χ3n) is 4.12. The molecule has 0 saturated carbocycles. The standard InChI is InChI=1S/2C12H27NO6/c2*14-3-7-18-11-9-16-5-1-13-2-6-17-10-12-19-8-4-15/h2*13-15H,1-12H2. The molecule has 0 aliphatic heterocycles. The first kappa shape index (κ1) is 39.6. The van der Waals surface area contributed by atoms with Crippen LogP contribution in [0, 0.1) is 0 Å². The average molecular weight is 563 g/mol. The predicted molar refractivity (Wildman–Crippen MR) is 141 cm³/mol. The Labute approximate surface area is 227 Å². The van der Waals surface area contributed by atoms with Crippen LogP contribution in [0.25, 0.3) is 0 Å². The van der Waals surface area contributed by atoms with Gasteiger partial charge in [-0.3, -0.25) is 0 Å². The molecule has 0 bridgehead atoms. The van der Waals surface area contributed by atoms with E-state index in [1.54, 1.807) is 0 Å². The van der Waals surface area contributed by atoms with Crippen LogP contribution in [0.4, 0.5) is 0 Å². The summed E-state index contributed by atoms with van der Waals surface area (Å²) in [6.07, 6.45) is 0. The molecule has 0 fully saturated rings. The number of aliphatic hydroxyl groups excluding tert-OH is 4. The van der Waals surface area contributed by atoms with Gasteiger partial charge in [0.15, 0.2) is 0 Å². The summed E-state index contributed by atoms with van der Waals surface area (Å²) < 4.78 is 41.4. The van der Waals surface area contributed by atoms with E-state index in [0.717, 1.165) is 26.2 Å². The average Bonchev–Trinajstić information content (AvgIpc) is 2.93. The third kappa shape index (κ3) is 42.5. The highest BCUT2D eigenvalue weighted by Crippen LogP contribution is 1.81. The Morgan fingerprint density at radius 2 is 0.447 bits per heavy atom. The highest BCUT2D eigenvalue weighted by atomic mass is 16.5. The third-order valence-corrected chi connectivity index (χ3v) is 4.12. The van der Waals surface area contributed by atoms with Crippen molar-refractivity contribution in [1.82, 2.24) is 10.6 Å². The Morgan fingerprint density at radius 1 is 0.263 bits per heavy atom. The van der Waals surface area contributed by atoms with Gasteiger partial charge in [-0.25, -0.2) is 0 Å². The first-order chi connectivity index (χ1) is 18.8. The van der Waals surface area contributed by atoms with Crippen molar-refractivity contribution in [3.63, 3.8) is 0 Å². The molecule has 38 heavy (non-hydrogen) atoms. The molecule has 0 saturated heterocycles. The molecule has 0 spiro atoms. The van der Waals surface area contributed by atoms with Gasteiger partial charge in [0.05, 0.1) is 132 Å². The van der Waals surface area contributed by atoms with Crippen molar-refractivity contribution in [3.05, 3.63) is 0 Å². The molecule has 0 unspecified atom stereocenters. The Morgan fingerprint density at radius 3 is 0.632 bits per heavy atom. The van der Waals surface area contributed by atoms with E-state index < -0.39 is 0 Å². The largest absolute Gasteiger partial charge is 0.394 e. The van der Waals surface area contributed by atoms with Crippen LogP contribution in [-0.4, -0.2) is 179 Å². The molecule has 232 valence electrons. The smallest absolute Gasteiger partial charge is 0.0701 e. The molecule has 0 aliphatic rings. The van der Waals surface area contributed by atoms with Gasteiger partial charge < -0.3 is 69.0 Å². The predicted octanol–water partition coefficient (Wildman–Crippen LogP) is -2.75. The molecule has 0 heterocycles. The number of ether oxygens (including phenoxy) is 8. The quantitative estimate of drug-likeness (QED) is 0.0465. The SMILES string of the molecule is OCCOCCOCCNCCOCCOCCO.OCCOCCOCCNCCOCCOCCO. The lowest BCUT2D eigenvalue weighted by molar-refractivity contribution is 0.0294. The van der Waals surface area contributed by atoms with Crippen molar-refractivity contribution in [2.45, 2.75) is 0 Å². The second kappa shape index (κ2) is 40.9. The highest BCUT2D eigenvalue weighted by Gasteiger charge is 1.93. The van der Waals surface area contributed by atoms with Gasteiger partial charge in [0, 0.05) is 26.2 Å². The van der Waals surface area contributed by atoms with Gasteiger partial charge in [0.25, 0.3) is 0 Å². The zero-order chi connectivity index (χ0) is 28.0. The molecule has 0 aromatic rings.